The van der Waals surface area contributed by atoms with E-state index in [1.807, 2.05) is 40.2 Å². The van der Waals surface area contributed by atoms with Crippen LogP contribution in [-0.4, -0.2) is 86.1 Å². The summed E-state index contributed by atoms with van der Waals surface area (Å²) in [6.07, 6.45) is 8.63. The fourth-order valence-electron chi connectivity index (χ4n) is 6.07. The molecular weight excluding hydrogens is 512 g/mol. The molecule has 0 amide bonds. The number of aromatic nitrogens is 3. The number of hydrogen-bond donors (Lipinski definition) is 1. The number of benzene rings is 1. The maximum Gasteiger partial charge on any atom is 0.184 e. The first-order valence-electron chi connectivity index (χ1n) is 14.0. The molecule has 0 saturated carbocycles. The van der Waals surface area contributed by atoms with E-state index < -0.39 is 12.3 Å². The smallest absolute Gasteiger partial charge is 0.184 e. The minimum absolute atomic E-state index is 0.0965. The standard InChI is InChI=1S/C30H34F2N7O/c1-20-3-2-9-38(20)14-21-11-23(31)13-25(12-21)40-28-6-10-37(18-27(28)32)17-24(4-7-33)39-15-22(16-39)29-26-5-8-34-30(26)36-19-35-29/h5,8,11-13,15-16,19-20,24,27-28H,2-4,6,9-10,14,17-18H2,1H3,(H,34,35,36)/q+1. The normalized spacial score (nSPS) is 24.3. The number of nitrogens with one attached hydrogen (secondary N) is 1. The first kappa shape index (κ1) is 26.5. The topological polar surface area (TPSA) is 84.1 Å². The molecule has 2 saturated heterocycles. The zero-order chi connectivity index (χ0) is 27.6. The largest absolute Gasteiger partial charge is 0.487 e. The van der Waals surface area contributed by atoms with E-state index in [9.17, 15) is 9.65 Å². The molecule has 4 atom stereocenters. The van der Waals surface area contributed by atoms with Gasteiger partial charge in [0.05, 0.1) is 24.7 Å². The van der Waals surface area contributed by atoms with Crippen LogP contribution in [0.4, 0.5) is 8.78 Å². The van der Waals surface area contributed by atoms with Crippen LogP contribution in [0.5, 0.6) is 5.75 Å². The number of halogens is 2. The average Bonchev–Trinajstić information content (AvgIpc) is 3.54. The zero-order valence-corrected chi connectivity index (χ0v) is 22.6. The van der Waals surface area contributed by atoms with Crippen molar-refractivity contribution in [3.05, 3.63) is 60.1 Å². The average molecular weight is 547 g/mol. The molecule has 2 aromatic heterocycles. The van der Waals surface area contributed by atoms with Gasteiger partial charge < -0.3 is 9.72 Å². The van der Waals surface area contributed by atoms with Crippen molar-refractivity contribution >= 4 is 22.8 Å². The Morgan fingerprint density at radius 2 is 2.12 bits per heavy atom. The number of nitrogens with zero attached hydrogens (tertiary/aromatic N) is 6. The van der Waals surface area contributed by atoms with E-state index in [1.165, 1.54) is 12.4 Å². The van der Waals surface area contributed by atoms with Gasteiger partial charge in [-0.25, -0.2) is 18.7 Å². The molecule has 0 bridgehead atoms. The van der Waals surface area contributed by atoms with Gasteiger partial charge in [-0.3, -0.25) is 9.80 Å². The number of fused-ring (bicyclic) bond motifs is 1. The van der Waals surface area contributed by atoms with Crippen molar-refractivity contribution < 1.29 is 18.1 Å². The lowest BCUT2D eigenvalue weighted by molar-refractivity contribution is -0.502. The molecule has 0 aliphatic carbocycles. The number of ether oxygens (including phenoxy) is 1. The first-order valence-corrected chi connectivity index (χ1v) is 14.0. The molecule has 208 valence electrons. The summed E-state index contributed by atoms with van der Waals surface area (Å²) in [5.74, 6) is 0.0309. The number of likely N-dealkylation sites (tertiary alicyclic amines) is 2. The highest BCUT2D eigenvalue weighted by atomic mass is 19.1. The first-order chi connectivity index (χ1) is 19.5. The van der Waals surface area contributed by atoms with Crippen LogP contribution in [-0.2, 0) is 6.54 Å². The van der Waals surface area contributed by atoms with Crippen molar-refractivity contribution in [3.8, 4) is 11.8 Å². The Hall–Kier alpha value is -3.68. The van der Waals surface area contributed by atoms with Gasteiger partial charge in [0.25, 0.3) is 0 Å². The molecule has 1 N–H and O–H groups in total. The molecule has 3 aromatic rings. The number of nitriles is 1. The molecule has 8 nitrogen and oxygen atoms in total. The third-order valence-corrected chi connectivity index (χ3v) is 8.28. The van der Waals surface area contributed by atoms with Crippen LogP contribution in [0, 0.1) is 17.1 Å². The lowest BCUT2D eigenvalue weighted by Crippen LogP contribution is -2.50. The maximum absolute atomic E-state index is 15.3. The molecule has 0 radical (unpaired) electrons. The number of allylic oxidation sites excluding steroid dienone is 1. The summed E-state index contributed by atoms with van der Waals surface area (Å²) in [6, 6.07) is 9.34. The van der Waals surface area contributed by atoms with E-state index in [0.29, 0.717) is 44.3 Å². The SMILES string of the molecule is CC1CCCN1Cc1cc(F)cc(OC2CCN(CC(CC#N)[N+]3=CC(c4ncnc5[nH]ccc45)=C3)CC2F)c1. The van der Waals surface area contributed by atoms with E-state index in [4.69, 9.17) is 4.74 Å². The van der Waals surface area contributed by atoms with Crippen molar-refractivity contribution in [2.75, 3.05) is 26.2 Å². The van der Waals surface area contributed by atoms with Crippen LogP contribution in [0.3, 0.4) is 0 Å². The highest BCUT2D eigenvalue weighted by Gasteiger charge is 2.36. The lowest BCUT2D eigenvalue weighted by Gasteiger charge is -2.35. The summed E-state index contributed by atoms with van der Waals surface area (Å²) >= 11 is 0. The van der Waals surface area contributed by atoms with Crippen molar-refractivity contribution in [1.82, 2.24) is 24.8 Å². The van der Waals surface area contributed by atoms with Gasteiger partial charge in [0, 0.05) is 43.3 Å². The van der Waals surface area contributed by atoms with Gasteiger partial charge in [0.15, 0.2) is 18.5 Å². The van der Waals surface area contributed by atoms with Gasteiger partial charge in [-0.05, 0) is 56.5 Å². The Balaban J connectivity index is 1.05. The number of piperidine rings is 1. The summed E-state index contributed by atoms with van der Waals surface area (Å²) < 4.78 is 37.7. The second-order valence-corrected chi connectivity index (χ2v) is 11.1. The molecule has 0 spiro atoms. The number of alkyl halides is 1. The third kappa shape index (κ3) is 5.62. The highest BCUT2D eigenvalue weighted by molar-refractivity contribution is 6.13. The second kappa shape index (κ2) is 11.4. The number of rotatable bonds is 9. The molecule has 1 aromatic carbocycles. The van der Waals surface area contributed by atoms with Crippen LogP contribution in [0.2, 0.25) is 0 Å². The van der Waals surface area contributed by atoms with Gasteiger partial charge in [0.2, 0.25) is 0 Å². The van der Waals surface area contributed by atoms with E-state index in [-0.39, 0.29) is 18.4 Å². The molecule has 10 heteroatoms. The van der Waals surface area contributed by atoms with Crippen molar-refractivity contribution in [2.24, 2.45) is 0 Å². The quantitative estimate of drug-likeness (QED) is 0.403. The zero-order valence-electron chi connectivity index (χ0n) is 22.6. The fraction of sp³-hybridized carbons (Fsp3) is 0.467. The lowest BCUT2D eigenvalue weighted by atomic mass is 10.0. The van der Waals surface area contributed by atoms with Crippen LogP contribution >= 0.6 is 0 Å². The van der Waals surface area contributed by atoms with Crippen LogP contribution in [0.25, 0.3) is 16.6 Å². The van der Waals surface area contributed by atoms with Crippen LogP contribution in [0.1, 0.15) is 43.9 Å². The minimum Gasteiger partial charge on any atom is -0.487 e. The number of aromatic amines is 1. The molecule has 5 heterocycles. The predicted molar refractivity (Wildman–Crippen MR) is 148 cm³/mol. The van der Waals surface area contributed by atoms with Crippen molar-refractivity contribution in [1.29, 1.82) is 5.26 Å². The Bertz CT molecular complexity index is 1480. The van der Waals surface area contributed by atoms with Gasteiger partial charge >= 0.3 is 0 Å². The molecule has 3 aliphatic heterocycles. The Morgan fingerprint density at radius 3 is 2.90 bits per heavy atom. The van der Waals surface area contributed by atoms with E-state index in [0.717, 1.165) is 47.3 Å². The van der Waals surface area contributed by atoms with Gasteiger partial charge in [0.1, 0.15) is 41.4 Å². The van der Waals surface area contributed by atoms with E-state index in [2.05, 4.69) is 32.8 Å². The third-order valence-electron chi connectivity index (χ3n) is 8.28. The van der Waals surface area contributed by atoms with Gasteiger partial charge in [-0.15, -0.1) is 0 Å². The summed E-state index contributed by atoms with van der Waals surface area (Å²) in [5.41, 5.74) is 3.45. The molecule has 4 unspecified atom stereocenters. The fourth-order valence-corrected chi connectivity index (χ4v) is 6.07. The number of hydrogen-bond acceptors (Lipinski definition) is 6. The molecule has 6 rings (SSSR count). The Kier molecular flexibility index (Phi) is 7.59. The molecule has 2 fully saturated rings. The monoisotopic (exact) mass is 546 g/mol. The molecule has 3 aliphatic rings. The van der Waals surface area contributed by atoms with E-state index >= 15 is 4.39 Å². The van der Waals surface area contributed by atoms with Crippen LogP contribution in [0.15, 0.2) is 43.0 Å². The number of H-pyrrole nitrogens is 1. The highest BCUT2D eigenvalue weighted by Crippen LogP contribution is 2.28. The summed E-state index contributed by atoms with van der Waals surface area (Å²) in [7, 11) is 0. The molecule has 40 heavy (non-hydrogen) atoms. The van der Waals surface area contributed by atoms with Crippen molar-refractivity contribution in [2.45, 2.75) is 63.5 Å². The Morgan fingerprint density at radius 1 is 1.25 bits per heavy atom. The van der Waals surface area contributed by atoms with Gasteiger partial charge in [-0.1, -0.05) is 0 Å². The van der Waals surface area contributed by atoms with Gasteiger partial charge in [-0.2, -0.15) is 9.84 Å². The summed E-state index contributed by atoms with van der Waals surface area (Å²) in [4.78, 5) is 16.1. The van der Waals surface area contributed by atoms with E-state index in [1.54, 1.807) is 6.07 Å². The maximum atomic E-state index is 15.3. The predicted octanol–water partition coefficient (Wildman–Crippen LogP) is 4.29. The Labute approximate surface area is 232 Å². The minimum atomic E-state index is -1.21. The second-order valence-electron chi connectivity index (χ2n) is 11.1. The van der Waals surface area contributed by atoms with Crippen LogP contribution < -0.4 is 4.74 Å². The van der Waals surface area contributed by atoms with Crippen molar-refractivity contribution in [3.63, 3.8) is 0 Å². The summed E-state index contributed by atoms with van der Waals surface area (Å²) in [6.45, 7) is 5.28. The summed E-state index contributed by atoms with van der Waals surface area (Å²) in [5, 5.41) is 10.4. The molecular formula is C30H34F2N7O+.